The van der Waals surface area contributed by atoms with Crippen LogP contribution in [0.3, 0.4) is 0 Å². The maximum atomic E-state index is 11.4. The maximum absolute atomic E-state index is 11.4. The van der Waals surface area contributed by atoms with Crippen molar-refractivity contribution in [2.75, 3.05) is 17.4 Å². The van der Waals surface area contributed by atoms with E-state index in [9.17, 15) is 13.2 Å². The molecule has 25 heavy (non-hydrogen) atoms. The molecular formula is C18H22N2O4S. The van der Waals surface area contributed by atoms with Gasteiger partial charge in [-0.2, -0.15) is 0 Å². The summed E-state index contributed by atoms with van der Waals surface area (Å²) in [6, 6.07) is 10.7. The lowest BCUT2D eigenvalue weighted by Crippen LogP contribution is -2.15. The van der Waals surface area contributed by atoms with Crippen LogP contribution in [0.2, 0.25) is 0 Å². The maximum Gasteiger partial charge on any atom is 0.248 e. The Bertz CT molecular complexity index is 892. The fourth-order valence-electron chi connectivity index (χ4n) is 2.26. The number of anilines is 1. The van der Waals surface area contributed by atoms with Gasteiger partial charge in [0.15, 0.2) is 9.84 Å². The Morgan fingerprint density at radius 3 is 2.52 bits per heavy atom. The molecule has 0 aliphatic rings. The average Bonchev–Trinajstić information content (AvgIpc) is 2.53. The van der Waals surface area contributed by atoms with Gasteiger partial charge in [0.25, 0.3) is 0 Å². The fraction of sp³-hybridized carbons (Fsp3) is 0.278. The lowest BCUT2D eigenvalue weighted by molar-refractivity contribution is 0.1000. The van der Waals surface area contributed by atoms with E-state index >= 15 is 0 Å². The van der Waals surface area contributed by atoms with Crippen LogP contribution in [0.25, 0.3) is 0 Å². The topological polar surface area (TPSA) is 98.5 Å². The van der Waals surface area contributed by atoms with Gasteiger partial charge in [0.2, 0.25) is 5.91 Å². The SMILES string of the molecule is Cc1ccc(C)c(COc2cc(C(N)=O)ccc2NCS(C)(=O)=O)c1. The van der Waals surface area contributed by atoms with Crippen molar-refractivity contribution in [1.82, 2.24) is 0 Å². The van der Waals surface area contributed by atoms with Gasteiger partial charge >= 0.3 is 0 Å². The summed E-state index contributed by atoms with van der Waals surface area (Å²) < 4.78 is 28.6. The number of hydrogen-bond acceptors (Lipinski definition) is 5. The first-order valence-corrected chi connectivity index (χ1v) is 9.76. The van der Waals surface area contributed by atoms with E-state index in [4.69, 9.17) is 10.5 Å². The van der Waals surface area contributed by atoms with E-state index in [1.165, 1.54) is 12.1 Å². The van der Waals surface area contributed by atoms with E-state index < -0.39 is 15.7 Å². The van der Waals surface area contributed by atoms with Crippen molar-refractivity contribution in [1.29, 1.82) is 0 Å². The first-order chi connectivity index (χ1) is 11.7. The number of aryl methyl sites for hydroxylation is 2. The molecule has 0 aliphatic carbocycles. The Kier molecular flexibility index (Phi) is 5.69. The number of benzene rings is 2. The lowest BCUT2D eigenvalue weighted by Gasteiger charge is -2.15. The van der Waals surface area contributed by atoms with Crippen molar-refractivity contribution in [2.45, 2.75) is 20.5 Å². The van der Waals surface area contributed by atoms with Crippen LogP contribution in [0.15, 0.2) is 36.4 Å². The van der Waals surface area contributed by atoms with Crippen LogP contribution in [0.5, 0.6) is 5.75 Å². The second kappa shape index (κ2) is 7.57. The van der Waals surface area contributed by atoms with Crippen molar-refractivity contribution in [2.24, 2.45) is 5.73 Å². The Hall–Kier alpha value is -2.54. The fourth-order valence-corrected chi connectivity index (χ4v) is 2.68. The largest absolute Gasteiger partial charge is 0.487 e. The van der Waals surface area contributed by atoms with Gasteiger partial charge in [0.1, 0.15) is 18.2 Å². The summed E-state index contributed by atoms with van der Waals surface area (Å²) in [4.78, 5) is 11.4. The van der Waals surface area contributed by atoms with Crippen LogP contribution in [-0.2, 0) is 16.4 Å². The number of nitrogens with one attached hydrogen (secondary N) is 1. The van der Waals surface area contributed by atoms with Gasteiger partial charge in [-0.05, 0) is 43.2 Å². The van der Waals surface area contributed by atoms with E-state index in [2.05, 4.69) is 5.32 Å². The van der Waals surface area contributed by atoms with Gasteiger partial charge in [-0.1, -0.05) is 23.8 Å². The summed E-state index contributed by atoms with van der Waals surface area (Å²) in [7, 11) is -3.20. The van der Waals surface area contributed by atoms with Crippen molar-refractivity contribution in [3.63, 3.8) is 0 Å². The summed E-state index contributed by atoms with van der Waals surface area (Å²) in [5.74, 6) is -0.435. The molecule has 0 aromatic heterocycles. The zero-order chi connectivity index (χ0) is 18.6. The number of carbonyl (C=O) groups excluding carboxylic acids is 1. The van der Waals surface area contributed by atoms with Gasteiger partial charge in [-0.25, -0.2) is 8.42 Å². The quantitative estimate of drug-likeness (QED) is 0.788. The van der Waals surface area contributed by atoms with E-state index in [0.29, 0.717) is 23.6 Å². The molecule has 2 aromatic carbocycles. The molecule has 0 atom stereocenters. The van der Waals surface area contributed by atoms with Gasteiger partial charge < -0.3 is 15.8 Å². The molecule has 1 amide bonds. The monoisotopic (exact) mass is 362 g/mol. The highest BCUT2D eigenvalue weighted by Crippen LogP contribution is 2.27. The molecule has 7 heteroatoms. The van der Waals surface area contributed by atoms with Crippen molar-refractivity contribution >= 4 is 21.4 Å². The van der Waals surface area contributed by atoms with Crippen molar-refractivity contribution < 1.29 is 17.9 Å². The normalized spacial score (nSPS) is 11.2. The molecule has 0 bridgehead atoms. The minimum absolute atomic E-state index is 0.233. The summed E-state index contributed by atoms with van der Waals surface area (Å²) in [5.41, 5.74) is 9.31. The lowest BCUT2D eigenvalue weighted by atomic mass is 10.1. The van der Waals surface area contributed by atoms with E-state index in [1.807, 2.05) is 32.0 Å². The highest BCUT2D eigenvalue weighted by Gasteiger charge is 2.11. The molecule has 0 fully saturated rings. The molecule has 134 valence electrons. The second-order valence-corrected chi connectivity index (χ2v) is 8.18. The average molecular weight is 362 g/mol. The van der Waals surface area contributed by atoms with Gasteiger partial charge in [-0.3, -0.25) is 4.79 Å². The molecule has 6 nitrogen and oxygen atoms in total. The van der Waals surface area contributed by atoms with Gasteiger partial charge in [-0.15, -0.1) is 0 Å². The molecule has 0 aliphatic heterocycles. The first kappa shape index (κ1) is 18.8. The van der Waals surface area contributed by atoms with Gasteiger partial charge in [0.05, 0.1) is 5.69 Å². The van der Waals surface area contributed by atoms with Crippen molar-refractivity contribution in [3.8, 4) is 5.75 Å². The summed E-state index contributed by atoms with van der Waals surface area (Å²) in [5, 5.41) is 2.82. The molecule has 2 rings (SSSR count). The molecular weight excluding hydrogens is 340 g/mol. The molecule has 0 saturated heterocycles. The predicted octanol–water partition coefficient (Wildman–Crippen LogP) is 2.40. The number of primary amides is 1. The Morgan fingerprint density at radius 1 is 1.16 bits per heavy atom. The van der Waals surface area contributed by atoms with E-state index in [1.54, 1.807) is 6.07 Å². The number of ether oxygens (including phenoxy) is 1. The van der Waals surface area contributed by atoms with E-state index in [0.717, 1.165) is 22.9 Å². The first-order valence-electron chi connectivity index (χ1n) is 7.70. The van der Waals surface area contributed by atoms with E-state index in [-0.39, 0.29) is 5.88 Å². The van der Waals surface area contributed by atoms with Crippen molar-refractivity contribution in [3.05, 3.63) is 58.7 Å². The zero-order valence-electron chi connectivity index (χ0n) is 14.5. The van der Waals surface area contributed by atoms with Crippen LogP contribution in [0.4, 0.5) is 5.69 Å². The number of hydrogen-bond donors (Lipinski definition) is 2. The molecule has 0 spiro atoms. The third-order valence-electron chi connectivity index (χ3n) is 3.68. The zero-order valence-corrected chi connectivity index (χ0v) is 15.3. The molecule has 0 saturated carbocycles. The highest BCUT2D eigenvalue weighted by atomic mass is 32.2. The number of amides is 1. The van der Waals surface area contributed by atoms with Crippen LogP contribution in [0.1, 0.15) is 27.0 Å². The Balaban J connectivity index is 2.27. The predicted molar refractivity (Wildman–Crippen MR) is 98.5 cm³/mol. The molecule has 0 radical (unpaired) electrons. The van der Waals surface area contributed by atoms with Gasteiger partial charge in [0, 0.05) is 11.8 Å². The number of nitrogens with two attached hydrogens (primary N) is 1. The standard InChI is InChI=1S/C18H22N2O4S/c1-12-4-5-13(2)15(8-12)10-24-17-9-14(18(19)21)6-7-16(17)20-11-25(3,22)23/h4-9,20H,10-11H2,1-3H3,(H2,19,21). The minimum atomic E-state index is -3.20. The Labute approximate surface area is 147 Å². The number of rotatable bonds is 7. The smallest absolute Gasteiger partial charge is 0.248 e. The Morgan fingerprint density at radius 2 is 1.88 bits per heavy atom. The van der Waals surface area contributed by atoms with Crippen LogP contribution in [-0.4, -0.2) is 26.5 Å². The molecule has 2 aromatic rings. The third-order valence-corrected chi connectivity index (χ3v) is 4.35. The van der Waals surface area contributed by atoms with Crippen LogP contribution >= 0.6 is 0 Å². The number of carbonyl (C=O) groups is 1. The number of sulfone groups is 1. The van der Waals surface area contributed by atoms with Crippen LogP contribution < -0.4 is 15.8 Å². The summed E-state index contributed by atoms with van der Waals surface area (Å²) in [6.07, 6.45) is 1.13. The summed E-state index contributed by atoms with van der Waals surface area (Å²) >= 11 is 0. The van der Waals surface area contributed by atoms with Crippen LogP contribution in [0, 0.1) is 13.8 Å². The second-order valence-electron chi connectivity index (χ2n) is 6.04. The summed E-state index contributed by atoms with van der Waals surface area (Å²) in [6.45, 7) is 4.28. The minimum Gasteiger partial charge on any atom is -0.487 e. The molecule has 3 N–H and O–H groups in total. The third kappa shape index (κ3) is 5.49. The highest BCUT2D eigenvalue weighted by molar-refractivity contribution is 7.90. The molecule has 0 heterocycles. The molecule has 0 unspecified atom stereocenters.